The van der Waals surface area contributed by atoms with Crippen molar-refractivity contribution in [3.05, 3.63) is 28.2 Å². The predicted molar refractivity (Wildman–Crippen MR) is 65.4 cm³/mol. The van der Waals surface area contributed by atoms with E-state index < -0.39 is 0 Å². The molecule has 17 heavy (non-hydrogen) atoms. The van der Waals surface area contributed by atoms with Crippen molar-refractivity contribution >= 4 is 22.2 Å². The van der Waals surface area contributed by atoms with Crippen LogP contribution in [0.1, 0.15) is 10.4 Å². The minimum Gasteiger partial charge on any atom is -0.492 e. The normalized spacial score (nSPS) is 17.3. The van der Waals surface area contributed by atoms with E-state index in [0.29, 0.717) is 31.1 Å². The first-order chi connectivity index (χ1) is 8.19. The lowest BCUT2D eigenvalue weighted by molar-refractivity contribution is -0.153. The fraction of sp³-hybridized carbons (Fsp3) is 0.417. The van der Waals surface area contributed by atoms with Gasteiger partial charge >= 0.3 is 0 Å². The topological polar surface area (TPSA) is 55.8 Å². The highest BCUT2D eigenvalue weighted by Gasteiger charge is 2.39. The van der Waals surface area contributed by atoms with Crippen LogP contribution in [0.5, 0.6) is 5.75 Å². The van der Waals surface area contributed by atoms with Gasteiger partial charge in [0.2, 0.25) is 0 Å². The number of aliphatic hydroxyl groups excluding tert-OH is 1. The van der Waals surface area contributed by atoms with Gasteiger partial charge in [0.1, 0.15) is 18.6 Å². The highest BCUT2D eigenvalue weighted by molar-refractivity contribution is 9.10. The fourth-order valence-electron chi connectivity index (χ4n) is 1.55. The van der Waals surface area contributed by atoms with E-state index in [4.69, 9.17) is 9.47 Å². The Labute approximate surface area is 108 Å². The zero-order chi connectivity index (χ0) is 12.3. The van der Waals surface area contributed by atoms with Gasteiger partial charge in [-0.25, -0.2) is 0 Å². The molecule has 0 aromatic heterocycles. The zero-order valence-corrected chi connectivity index (χ0v) is 10.8. The van der Waals surface area contributed by atoms with Crippen molar-refractivity contribution in [2.75, 3.05) is 26.4 Å². The van der Waals surface area contributed by atoms with Crippen LogP contribution in [0.15, 0.2) is 22.7 Å². The second-order valence-electron chi connectivity index (χ2n) is 4.25. The standard InChI is InChI=1S/C12H13BrO4/c13-10-3-9(4-14)1-2-11(10)17-8-12(5-15)6-16-7-12/h1-4,15H,5-8H2. The fourth-order valence-corrected chi connectivity index (χ4v) is 2.06. The van der Waals surface area contributed by atoms with Crippen molar-refractivity contribution in [2.24, 2.45) is 5.41 Å². The van der Waals surface area contributed by atoms with Crippen LogP contribution >= 0.6 is 15.9 Å². The maximum Gasteiger partial charge on any atom is 0.150 e. The van der Waals surface area contributed by atoms with Crippen LogP contribution in [0, 0.1) is 5.41 Å². The molecule has 2 rings (SSSR count). The molecule has 5 heteroatoms. The van der Waals surface area contributed by atoms with Crippen LogP contribution in [0.3, 0.4) is 0 Å². The quantitative estimate of drug-likeness (QED) is 0.840. The molecule has 0 bridgehead atoms. The van der Waals surface area contributed by atoms with Crippen molar-refractivity contribution in [2.45, 2.75) is 0 Å². The van der Waals surface area contributed by atoms with Gasteiger partial charge in [-0.2, -0.15) is 0 Å². The van der Waals surface area contributed by atoms with Crippen LogP contribution in [0.25, 0.3) is 0 Å². The van der Waals surface area contributed by atoms with E-state index in [2.05, 4.69) is 15.9 Å². The summed E-state index contributed by atoms with van der Waals surface area (Å²) >= 11 is 3.34. The minimum absolute atomic E-state index is 0.0526. The van der Waals surface area contributed by atoms with E-state index in [0.717, 1.165) is 10.8 Å². The molecule has 92 valence electrons. The smallest absolute Gasteiger partial charge is 0.150 e. The first-order valence-corrected chi connectivity index (χ1v) is 6.04. The maximum atomic E-state index is 10.6. The van der Waals surface area contributed by atoms with Gasteiger partial charge in [-0.1, -0.05) is 0 Å². The summed E-state index contributed by atoms with van der Waals surface area (Å²) in [6.45, 7) is 1.50. The molecule has 4 nitrogen and oxygen atoms in total. The van der Waals surface area contributed by atoms with Gasteiger partial charge in [-0.3, -0.25) is 4.79 Å². The second-order valence-corrected chi connectivity index (χ2v) is 5.10. The molecule has 0 saturated carbocycles. The number of hydrogen-bond acceptors (Lipinski definition) is 4. The zero-order valence-electron chi connectivity index (χ0n) is 9.19. The van der Waals surface area contributed by atoms with Gasteiger partial charge in [0.15, 0.2) is 0 Å². The largest absolute Gasteiger partial charge is 0.492 e. The Morgan fingerprint density at radius 2 is 2.29 bits per heavy atom. The van der Waals surface area contributed by atoms with Gasteiger partial charge < -0.3 is 14.6 Å². The van der Waals surface area contributed by atoms with E-state index in [9.17, 15) is 9.90 Å². The summed E-state index contributed by atoms with van der Waals surface area (Å²) < 4.78 is 11.4. The average Bonchev–Trinajstić information content (AvgIpc) is 2.30. The van der Waals surface area contributed by atoms with Crippen molar-refractivity contribution in [1.82, 2.24) is 0 Å². The molecule has 1 N–H and O–H groups in total. The van der Waals surface area contributed by atoms with Gasteiger partial charge in [-0.05, 0) is 34.1 Å². The van der Waals surface area contributed by atoms with E-state index in [1.807, 2.05) is 0 Å². The number of halogens is 1. The average molecular weight is 301 g/mol. The number of ether oxygens (including phenoxy) is 2. The first kappa shape index (κ1) is 12.5. The molecule has 1 aliphatic heterocycles. The minimum atomic E-state index is -0.275. The number of aliphatic hydroxyl groups is 1. The summed E-state index contributed by atoms with van der Waals surface area (Å²) in [6, 6.07) is 5.12. The molecule has 0 spiro atoms. The first-order valence-electron chi connectivity index (χ1n) is 5.25. The summed E-state index contributed by atoms with van der Waals surface area (Å²) in [4.78, 5) is 10.6. The SMILES string of the molecule is O=Cc1ccc(OCC2(CO)COC2)c(Br)c1. The number of aldehydes is 1. The molecule has 0 amide bonds. The molecule has 1 heterocycles. The lowest BCUT2D eigenvalue weighted by Crippen LogP contribution is -2.49. The van der Waals surface area contributed by atoms with E-state index >= 15 is 0 Å². The number of carbonyl (C=O) groups excluding carboxylic acids is 1. The number of carbonyl (C=O) groups is 1. The van der Waals surface area contributed by atoms with Gasteiger partial charge in [0.25, 0.3) is 0 Å². The highest BCUT2D eigenvalue weighted by Crippen LogP contribution is 2.31. The predicted octanol–water partition coefficient (Wildman–Crippen LogP) is 1.65. The molecular formula is C12H13BrO4. The van der Waals surface area contributed by atoms with Crippen molar-refractivity contribution in [1.29, 1.82) is 0 Å². The Morgan fingerprint density at radius 3 is 2.76 bits per heavy atom. The molecule has 1 aromatic carbocycles. The van der Waals surface area contributed by atoms with Crippen molar-refractivity contribution in [3.63, 3.8) is 0 Å². The summed E-state index contributed by atoms with van der Waals surface area (Å²) in [5.41, 5.74) is 0.316. The summed E-state index contributed by atoms with van der Waals surface area (Å²) in [5.74, 6) is 0.662. The summed E-state index contributed by atoms with van der Waals surface area (Å²) in [6.07, 6.45) is 0.781. The molecule has 1 aromatic rings. The third kappa shape index (κ3) is 2.68. The lowest BCUT2D eigenvalue weighted by atomic mass is 9.88. The number of benzene rings is 1. The summed E-state index contributed by atoms with van der Waals surface area (Å²) in [5, 5.41) is 9.25. The monoisotopic (exact) mass is 300 g/mol. The van der Waals surface area contributed by atoms with Gasteiger partial charge in [-0.15, -0.1) is 0 Å². The van der Waals surface area contributed by atoms with Crippen LogP contribution in [0.2, 0.25) is 0 Å². The Bertz CT molecular complexity index is 409. The number of hydrogen-bond donors (Lipinski definition) is 1. The molecule has 0 unspecified atom stereocenters. The molecule has 0 aliphatic carbocycles. The van der Waals surface area contributed by atoms with E-state index in [1.54, 1.807) is 18.2 Å². The third-order valence-electron chi connectivity index (χ3n) is 2.78. The summed E-state index contributed by atoms with van der Waals surface area (Å²) in [7, 11) is 0. The van der Waals surface area contributed by atoms with E-state index in [-0.39, 0.29) is 12.0 Å². The Balaban J connectivity index is 2.01. The molecule has 1 saturated heterocycles. The van der Waals surface area contributed by atoms with Crippen LogP contribution in [0.4, 0.5) is 0 Å². The molecule has 1 aliphatic rings. The molecule has 0 atom stereocenters. The number of rotatable bonds is 5. The van der Waals surface area contributed by atoms with E-state index in [1.165, 1.54) is 0 Å². The Hall–Kier alpha value is -0.910. The van der Waals surface area contributed by atoms with Crippen LogP contribution in [-0.4, -0.2) is 37.8 Å². The molecular weight excluding hydrogens is 288 g/mol. The van der Waals surface area contributed by atoms with Gasteiger partial charge in [0.05, 0.1) is 29.7 Å². The third-order valence-corrected chi connectivity index (χ3v) is 3.40. The van der Waals surface area contributed by atoms with Gasteiger partial charge in [0, 0.05) is 5.56 Å². The van der Waals surface area contributed by atoms with Crippen LogP contribution < -0.4 is 4.74 Å². The highest BCUT2D eigenvalue weighted by atomic mass is 79.9. The van der Waals surface area contributed by atoms with Crippen molar-refractivity contribution in [3.8, 4) is 5.75 Å². The Kier molecular flexibility index (Phi) is 3.81. The van der Waals surface area contributed by atoms with Crippen LogP contribution in [-0.2, 0) is 4.74 Å². The lowest BCUT2D eigenvalue weighted by Gasteiger charge is -2.39. The maximum absolute atomic E-state index is 10.6. The molecule has 1 fully saturated rings. The van der Waals surface area contributed by atoms with Crippen molar-refractivity contribution < 1.29 is 19.4 Å². The second kappa shape index (κ2) is 5.16. The Morgan fingerprint density at radius 1 is 1.53 bits per heavy atom. The molecule has 0 radical (unpaired) electrons.